The Balaban J connectivity index is 0.00000162. The number of nitrogens with one attached hydrogen (secondary N) is 2. The predicted octanol–water partition coefficient (Wildman–Crippen LogP) is 2.64. The number of carbonyl (C=O) groups is 1. The molecule has 0 radical (unpaired) electrons. The van der Waals surface area contributed by atoms with Gasteiger partial charge in [0, 0.05) is 18.5 Å². The quantitative estimate of drug-likeness (QED) is 0.831. The van der Waals surface area contributed by atoms with Crippen molar-refractivity contribution in [2.75, 3.05) is 6.54 Å². The lowest BCUT2D eigenvalue weighted by Crippen LogP contribution is -2.46. The largest absolute Gasteiger partial charge is 0.353 e. The van der Waals surface area contributed by atoms with Gasteiger partial charge >= 0.3 is 0 Å². The van der Waals surface area contributed by atoms with Gasteiger partial charge in [0.15, 0.2) is 0 Å². The lowest BCUT2D eigenvalue weighted by atomic mass is 9.86. The van der Waals surface area contributed by atoms with Crippen molar-refractivity contribution >= 4 is 18.3 Å². The summed E-state index contributed by atoms with van der Waals surface area (Å²) in [4.78, 5) is 12.0. The van der Waals surface area contributed by atoms with E-state index in [-0.39, 0.29) is 18.3 Å². The highest BCUT2D eigenvalue weighted by atomic mass is 35.5. The molecule has 1 aliphatic heterocycles. The van der Waals surface area contributed by atoms with Crippen LogP contribution in [0.25, 0.3) is 0 Å². The fraction of sp³-hybridized carbons (Fsp3) is 0.929. The number of hydrogen-bond acceptors (Lipinski definition) is 2. The van der Waals surface area contributed by atoms with Gasteiger partial charge in [-0.1, -0.05) is 19.3 Å². The maximum absolute atomic E-state index is 12.0. The van der Waals surface area contributed by atoms with Crippen molar-refractivity contribution in [1.82, 2.24) is 10.6 Å². The first-order valence-corrected chi connectivity index (χ1v) is 7.27. The smallest absolute Gasteiger partial charge is 0.220 e. The first-order valence-electron chi connectivity index (χ1n) is 7.27. The van der Waals surface area contributed by atoms with E-state index in [1.807, 2.05) is 0 Å². The molecule has 2 N–H and O–H groups in total. The fourth-order valence-electron chi connectivity index (χ4n) is 3.20. The normalized spacial score (nSPS) is 29.4. The topological polar surface area (TPSA) is 41.1 Å². The maximum atomic E-state index is 12.0. The third kappa shape index (κ3) is 5.15. The second-order valence-corrected chi connectivity index (χ2v) is 5.85. The maximum Gasteiger partial charge on any atom is 0.220 e. The van der Waals surface area contributed by atoms with Crippen molar-refractivity contribution in [2.24, 2.45) is 5.92 Å². The van der Waals surface area contributed by atoms with Crippen LogP contribution in [0, 0.1) is 5.92 Å². The Kier molecular flexibility index (Phi) is 7.02. The van der Waals surface area contributed by atoms with Crippen LogP contribution in [0.5, 0.6) is 0 Å². The zero-order valence-corrected chi connectivity index (χ0v) is 12.2. The van der Waals surface area contributed by atoms with Crippen LogP contribution < -0.4 is 10.6 Å². The Morgan fingerprint density at radius 2 is 1.94 bits per heavy atom. The Morgan fingerprint density at radius 3 is 2.61 bits per heavy atom. The third-order valence-corrected chi connectivity index (χ3v) is 4.19. The summed E-state index contributed by atoms with van der Waals surface area (Å²) in [6.07, 6.45) is 9.45. The average Bonchev–Trinajstić information content (AvgIpc) is 2.30. The molecule has 0 bridgehead atoms. The Morgan fingerprint density at radius 1 is 1.22 bits per heavy atom. The summed E-state index contributed by atoms with van der Waals surface area (Å²) in [5.74, 6) is 0.943. The number of rotatable bonds is 3. The van der Waals surface area contributed by atoms with Crippen LogP contribution in [-0.4, -0.2) is 24.5 Å². The van der Waals surface area contributed by atoms with E-state index in [2.05, 4.69) is 17.6 Å². The first kappa shape index (κ1) is 15.8. The number of piperidine rings is 1. The molecule has 3 nitrogen and oxygen atoms in total. The third-order valence-electron chi connectivity index (χ3n) is 4.19. The standard InChI is InChI=1S/C14H26N2O.ClH/c1-11-9-13(7-8-15-11)16-14(17)10-12-5-3-2-4-6-12;/h11-13,15H,2-10H2,1H3,(H,16,17);1H. The van der Waals surface area contributed by atoms with Crippen LogP contribution in [-0.2, 0) is 4.79 Å². The Bertz CT molecular complexity index is 254. The van der Waals surface area contributed by atoms with E-state index >= 15 is 0 Å². The van der Waals surface area contributed by atoms with E-state index in [1.165, 1.54) is 32.1 Å². The van der Waals surface area contributed by atoms with E-state index in [9.17, 15) is 4.79 Å². The molecule has 1 aliphatic carbocycles. The van der Waals surface area contributed by atoms with Crippen LogP contribution in [0.2, 0.25) is 0 Å². The monoisotopic (exact) mass is 274 g/mol. The lowest BCUT2D eigenvalue weighted by molar-refractivity contribution is -0.123. The summed E-state index contributed by atoms with van der Waals surface area (Å²) in [6, 6.07) is 0.950. The van der Waals surface area contributed by atoms with Gasteiger partial charge in [-0.3, -0.25) is 4.79 Å². The van der Waals surface area contributed by atoms with E-state index in [4.69, 9.17) is 0 Å². The van der Waals surface area contributed by atoms with Gasteiger partial charge in [0.2, 0.25) is 5.91 Å². The zero-order valence-electron chi connectivity index (χ0n) is 11.4. The van der Waals surface area contributed by atoms with Gasteiger partial charge in [0.1, 0.15) is 0 Å². The number of carbonyl (C=O) groups excluding carboxylic acids is 1. The molecule has 2 atom stereocenters. The van der Waals surface area contributed by atoms with Crippen LogP contribution in [0.4, 0.5) is 0 Å². The molecule has 0 spiro atoms. The minimum Gasteiger partial charge on any atom is -0.353 e. The molecular formula is C14H27ClN2O. The molecule has 1 saturated heterocycles. The Hall–Kier alpha value is -0.280. The number of amides is 1. The van der Waals surface area contributed by atoms with Gasteiger partial charge in [-0.05, 0) is 45.1 Å². The zero-order chi connectivity index (χ0) is 12.1. The van der Waals surface area contributed by atoms with Crippen LogP contribution in [0.15, 0.2) is 0 Å². The van der Waals surface area contributed by atoms with E-state index in [1.54, 1.807) is 0 Å². The molecule has 4 heteroatoms. The number of halogens is 1. The van der Waals surface area contributed by atoms with Crippen molar-refractivity contribution < 1.29 is 4.79 Å². The second kappa shape index (κ2) is 8.00. The van der Waals surface area contributed by atoms with E-state index < -0.39 is 0 Å². The molecule has 2 unspecified atom stereocenters. The van der Waals surface area contributed by atoms with Gasteiger partial charge in [-0.15, -0.1) is 12.4 Å². The molecule has 0 aromatic carbocycles. The molecular weight excluding hydrogens is 248 g/mol. The minimum atomic E-state index is 0. The molecule has 2 rings (SSSR count). The van der Waals surface area contributed by atoms with Gasteiger partial charge in [0.25, 0.3) is 0 Å². The molecule has 18 heavy (non-hydrogen) atoms. The SMILES string of the molecule is CC1CC(NC(=O)CC2CCCCC2)CCN1.Cl. The van der Waals surface area contributed by atoms with Crippen molar-refractivity contribution in [2.45, 2.75) is 70.4 Å². The van der Waals surface area contributed by atoms with Crippen molar-refractivity contribution in [1.29, 1.82) is 0 Å². The van der Waals surface area contributed by atoms with Gasteiger partial charge in [0.05, 0.1) is 0 Å². The molecule has 106 valence electrons. The summed E-state index contributed by atoms with van der Waals surface area (Å²) in [5.41, 5.74) is 0. The highest BCUT2D eigenvalue weighted by Crippen LogP contribution is 2.26. The van der Waals surface area contributed by atoms with Crippen LogP contribution in [0.3, 0.4) is 0 Å². The molecule has 1 saturated carbocycles. The molecule has 0 aromatic rings. The molecule has 0 aromatic heterocycles. The summed E-state index contributed by atoms with van der Waals surface area (Å²) < 4.78 is 0. The van der Waals surface area contributed by atoms with E-state index in [0.717, 1.165) is 25.8 Å². The van der Waals surface area contributed by atoms with Crippen molar-refractivity contribution in [3.8, 4) is 0 Å². The first-order chi connectivity index (χ1) is 8.24. The minimum absolute atomic E-state index is 0. The summed E-state index contributed by atoms with van der Waals surface area (Å²) >= 11 is 0. The molecule has 2 aliphatic rings. The van der Waals surface area contributed by atoms with Gasteiger partial charge in [-0.2, -0.15) is 0 Å². The average molecular weight is 275 g/mol. The fourth-order valence-corrected chi connectivity index (χ4v) is 3.20. The lowest BCUT2D eigenvalue weighted by Gasteiger charge is -2.29. The summed E-state index contributed by atoms with van der Waals surface area (Å²) in [7, 11) is 0. The van der Waals surface area contributed by atoms with Crippen molar-refractivity contribution in [3.63, 3.8) is 0 Å². The Labute approximate surface area is 117 Å². The number of hydrogen-bond donors (Lipinski definition) is 2. The second-order valence-electron chi connectivity index (χ2n) is 5.85. The molecule has 2 fully saturated rings. The highest BCUT2D eigenvalue weighted by Gasteiger charge is 2.22. The predicted molar refractivity (Wildman–Crippen MR) is 77.1 cm³/mol. The van der Waals surface area contributed by atoms with Gasteiger partial charge < -0.3 is 10.6 Å². The van der Waals surface area contributed by atoms with Crippen molar-refractivity contribution in [3.05, 3.63) is 0 Å². The van der Waals surface area contributed by atoms with Gasteiger partial charge in [-0.25, -0.2) is 0 Å². The van der Waals surface area contributed by atoms with Crippen LogP contribution in [0.1, 0.15) is 58.3 Å². The molecule has 1 amide bonds. The van der Waals surface area contributed by atoms with E-state index in [0.29, 0.717) is 18.0 Å². The summed E-state index contributed by atoms with van der Waals surface area (Å²) in [6.45, 7) is 3.23. The molecule has 1 heterocycles. The van der Waals surface area contributed by atoms with Crippen LogP contribution >= 0.6 is 12.4 Å². The summed E-state index contributed by atoms with van der Waals surface area (Å²) in [5, 5.41) is 6.63. The highest BCUT2D eigenvalue weighted by molar-refractivity contribution is 5.85.